The van der Waals surface area contributed by atoms with Crippen LogP contribution in [0, 0.1) is 11.3 Å². The second-order valence-corrected chi connectivity index (χ2v) is 7.58. The lowest BCUT2D eigenvalue weighted by Gasteiger charge is -2.08. The molecule has 0 saturated carbocycles. The highest BCUT2D eigenvalue weighted by Crippen LogP contribution is 2.31. The number of nitrogens with zero attached hydrogens (tertiary/aromatic N) is 3. The summed E-state index contributed by atoms with van der Waals surface area (Å²) in [5, 5.41) is 14.4. The van der Waals surface area contributed by atoms with Crippen molar-refractivity contribution < 1.29 is 4.74 Å². The first kappa shape index (κ1) is 22.1. The van der Waals surface area contributed by atoms with Crippen molar-refractivity contribution >= 4 is 35.4 Å². The minimum atomic E-state index is -0.550. The van der Waals surface area contributed by atoms with Gasteiger partial charge in [-0.15, -0.1) is 0 Å². The van der Waals surface area contributed by atoms with Crippen LogP contribution in [0.25, 0.3) is 11.3 Å². The number of rotatable bonds is 6. The average molecular weight is 476 g/mol. The molecule has 4 rings (SSSR count). The molecular formula is C24H15Cl2N5O2. The van der Waals surface area contributed by atoms with E-state index in [-0.39, 0.29) is 17.2 Å². The predicted octanol–water partition coefficient (Wildman–Crippen LogP) is 5.85. The fourth-order valence-electron chi connectivity index (χ4n) is 2.91. The summed E-state index contributed by atoms with van der Waals surface area (Å²) in [6, 6.07) is 23.0. The van der Waals surface area contributed by atoms with E-state index in [0.29, 0.717) is 27.1 Å². The maximum atomic E-state index is 12.3. The van der Waals surface area contributed by atoms with E-state index in [1.807, 2.05) is 12.1 Å². The molecule has 0 bridgehead atoms. The quantitative estimate of drug-likeness (QED) is 0.268. The van der Waals surface area contributed by atoms with Crippen LogP contribution in [0.4, 0.5) is 5.95 Å². The van der Waals surface area contributed by atoms with Crippen molar-refractivity contribution in [2.24, 2.45) is 5.10 Å². The number of hydrogen-bond acceptors (Lipinski definition) is 6. The van der Waals surface area contributed by atoms with Gasteiger partial charge in [0.15, 0.2) is 0 Å². The van der Waals surface area contributed by atoms with Crippen molar-refractivity contribution in [2.45, 2.75) is 0 Å². The molecular weight excluding hydrogens is 461 g/mol. The van der Waals surface area contributed by atoms with Crippen LogP contribution in [0.1, 0.15) is 11.1 Å². The lowest BCUT2D eigenvalue weighted by molar-refractivity contribution is 0.483. The Bertz CT molecular complexity index is 1410. The van der Waals surface area contributed by atoms with Crippen LogP contribution in [0.2, 0.25) is 10.0 Å². The first-order valence-corrected chi connectivity index (χ1v) is 10.4. The number of anilines is 1. The summed E-state index contributed by atoms with van der Waals surface area (Å²) in [6.07, 6.45) is 1.55. The monoisotopic (exact) mass is 475 g/mol. The standard InChI is InChI=1S/C24H15Cl2N5O2/c25-17-8-11-21(20(26)12-17)33-18-9-6-15(7-10-18)14-28-31-24-29-22(16-4-2-1-3-5-16)19(13-27)23(32)30-24/h1-12,14H,(H2,29,30,31,32). The van der Waals surface area contributed by atoms with Gasteiger partial charge in [-0.2, -0.15) is 10.4 Å². The van der Waals surface area contributed by atoms with Gasteiger partial charge in [0.05, 0.1) is 16.9 Å². The van der Waals surface area contributed by atoms with Crippen LogP contribution in [0.15, 0.2) is 82.7 Å². The van der Waals surface area contributed by atoms with Crippen molar-refractivity contribution in [3.8, 4) is 28.8 Å². The van der Waals surface area contributed by atoms with E-state index in [1.54, 1.807) is 72.9 Å². The van der Waals surface area contributed by atoms with Crippen LogP contribution >= 0.6 is 23.2 Å². The Morgan fingerprint density at radius 1 is 1.06 bits per heavy atom. The van der Waals surface area contributed by atoms with Crippen LogP contribution in [0.5, 0.6) is 11.5 Å². The van der Waals surface area contributed by atoms with Crippen molar-refractivity contribution in [1.29, 1.82) is 5.26 Å². The van der Waals surface area contributed by atoms with E-state index < -0.39 is 5.56 Å². The lowest BCUT2D eigenvalue weighted by Crippen LogP contribution is -2.16. The highest BCUT2D eigenvalue weighted by molar-refractivity contribution is 6.35. The SMILES string of the molecule is N#Cc1c(-c2ccccc2)nc(NN=Cc2ccc(Oc3ccc(Cl)cc3Cl)cc2)[nH]c1=O. The number of aromatic nitrogens is 2. The molecule has 9 heteroatoms. The number of halogens is 2. The Morgan fingerprint density at radius 3 is 2.52 bits per heavy atom. The highest BCUT2D eigenvalue weighted by atomic mass is 35.5. The summed E-state index contributed by atoms with van der Waals surface area (Å²) in [5.74, 6) is 1.20. The number of benzene rings is 3. The van der Waals surface area contributed by atoms with E-state index in [2.05, 4.69) is 20.5 Å². The molecule has 0 aliphatic rings. The topological polar surface area (TPSA) is 103 Å². The molecule has 7 nitrogen and oxygen atoms in total. The van der Waals surface area contributed by atoms with Crippen LogP contribution in [-0.4, -0.2) is 16.2 Å². The van der Waals surface area contributed by atoms with E-state index in [4.69, 9.17) is 27.9 Å². The van der Waals surface area contributed by atoms with Crippen LogP contribution in [0.3, 0.4) is 0 Å². The van der Waals surface area contributed by atoms with Gasteiger partial charge in [0.25, 0.3) is 5.56 Å². The van der Waals surface area contributed by atoms with E-state index in [0.717, 1.165) is 5.56 Å². The number of nitrogens with one attached hydrogen (secondary N) is 2. The molecule has 33 heavy (non-hydrogen) atoms. The van der Waals surface area contributed by atoms with Crippen molar-refractivity contribution in [1.82, 2.24) is 9.97 Å². The van der Waals surface area contributed by atoms with Gasteiger partial charge < -0.3 is 4.74 Å². The molecule has 3 aromatic carbocycles. The van der Waals surface area contributed by atoms with E-state index in [1.165, 1.54) is 0 Å². The zero-order valence-corrected chi connectivity index (χ0v) is 18.4. The molecule has 0 fully saturated rings. The van der Waals surface area contributed by atoms with Gasteiger partial charge in [0, 0.05) is 10.6 Å². The molecule has 0 radical (unpaired) electrons. The number of ether oxygens (including phenoxy) is 1. The fourth-order valence-corrected chi connectivity index (χ4v) is 3.36. The first-order chi connectivity index (χ1) is 16.0. The largest absolute Gasteiger partial charge is 0.456 e. The Hall–Kier alpha value is -4.12. The number of hydrazone groups is 1. The molecule has 2 N–H and O–H groups in total. The van der Waals surface area contributed by atoms with Crippen molar-refractivity contribution in [3.63, 3.8) is 0 Å². The van der Waals surface area contributed by atoms with Gasteiger partial charge in [-0.1, -0.05) is 53.5 Å². The Kier molecular flexibility index (Phi) is 6.69. The summed E-state index contributed by atoms with van der Waals surface area (Å²) in [4.78, 5) is 19.1. The van der Waals surface area contributed by atoms with Crippen molar-refractivity contribution in [3.05, 3.63) is 104 Å². The lowest BCUT2D eigenvalue weighted by atomic mass is 10.1. The smallest absolute Gasteiger partial charge is 0.270 e. The summed E-state index contributed by atoms with van der Waals surface area (Å²) in [5.41, 5.74) is 3.79. The second kappa shape index (κ2) is 10.0. The molecule has 162 valence electrons. The molecule has 0 aliphatic carbocycles. The maximum Gasteiger partial charge on any atom is 0.270 e. The fraction of sp³-hybridized carbons (Fsp3) is 0. The van der Waals surface area contributed by atoms with Gasteiger partial charge in [0.2, 0.25) is 5.95 Å². The normalized spacial score (nSPS) is 10.7. The average Bonchev–Trinajstić information content (AvgIpc) is 2.82. The zero-order valence-electron chi connectivity index (χ0n) is 16.9. The van der Waals surface area contributed by atoms with Gasteiger partial charge in [-0.05, 0) is 48.0 Å². The second-order valence-electron chi connectivity index (χ2n) is 6.73. The van der Waals surface area contributed by atoms with Crippen LogP contribution < -0.4 is 15.7 Å². The van der Waals surface area contributed by atoms with E-state index >= 15 is 0 Å². The summed E-state index contributed by atoms with van der Waals surface area (Å²) in [7, 11) is 0. The minimum Gasteiger partial charge on any atom is -0.456 e. The molecule has 0 aliphatic heterocycles. The summed E-state index contributed by atoms with van der Waals surface area (Å²) >= 11 is 12.0. The Morgan fingerprint density at radius 2 is 1.82 bits per heavy atom. The zero-order chi connectivity index (χ0) is 23.2. The Balaban J connectivity index is 1.48. The maximum absolute atomic E-state index is 12.3. The summed E-state index contributed by atoms with van der Waals surface area (Å²) in [6.45, 7) is 0. The van der Waals surface area contributed by atoms with Gasteiger partial charge in [-0.25, -0.2) is 10.4 Å². The first-order valence-electron chi connectivity index (χ1n) is 9.65. The van der Waals surface area contributed by atoms with Gasteiger partial charge >= 0.3 is 0 Å². The third kappa shape index (κ3) is 5.39. The number of aromatic amines is 1. The summed E-state index contributed by atoms with van der Waals surface area (Å²) < 4.78 is 5.76. The van der Waals surface area contributed by atoms with Crippen molar-refractivity contribution in [2.75, 3.05) is 5.43 Å². The number of H-pyrrole nitrogens is 1. The third-order valence-corrected chi connectivity index (χ3v) is 4.99. The molecule has 0 unspecified atom stereocenters. The molecule has 0 spiro atoms. The third-order valence-electron chi connectivity index (χ3n) is 4.46. The van der Waals surface area contributed by atoms with Crippen LogP contribution in [-0.2, 0) is 0 Å². The number of nitriles is 1. The van der Waals surface area contributed by atoms with E-state index in [9.17, 15) is 10.1 Å². The predicted molar refractivity (Wildman–Crippen MR) is 129 cm³/mol. The van der Waals surface area contributed by atoms with Gasteiger partial charge in [0.1, 0.15) is 23.1 Å². The molecule has 0 atom stereocenters. The molecule has 0 saturated heterocycles. The van der Waals surface area contributed by atoms with Gasteiger partial charge in [-0.3, -0.25) is 9.78 Å². The molecule has 4 aromatic rings. The number of hydrogen-bond donors (Lipinski definition) is 2. The molecule has 1 aromatic heterocycles. The molecule has 1 heterocycles. The Labute approximate surface area is 198 Å². The highest BCUT2D eigenvalue weighted by Gasteiger charge is 2.12. The minimum absolute atomic E-state index is 0.0629. The molecule has 0 amide bonds.